The van der Waals surface area contributed by atoms with Crippen molar-refractivity contribution in [2.75, 3.05) is 12.3 Å². The predicted octanol–water partition coefficient (Wildman–Crippen LogP) is 2.44. The third kappa shape index (κ3) is 4.26. The van der Waals surface area contributed by atoms with Gasteiger partial charge in [0.15, 0.2) is 5.82 Å². The first-order chi connectivity index (χ1) is 10.1. The third-order valence-corrected chi connectivity index (χ3v) is 3.28. The molecule has 0 unspecified atom stereocenters. The zero-order valence-corrected chi connectivity index (χ0v) is 12.9. The lowest BCUT2D eigenvalue weighted by Crippen LogP contribution is -2.07. The highest BCUT2D eigenvalue weighted by atomic mass is 16.5. The molecule has 0 bridgehead atoms. The van der Waals surface area contributed by atoms with Gasteiger partial charge >= 0.3 is 0 Å². The van der Waals surface area contributed by atoms with Crippen molar-refractivity contribution in [2.45, 2.75) is 46.3 Å². The van der Waals surface area contributed by atoms with E-state index in [1.807, 2.05) is 43.7 Å². The van der Waals surface area contributed by atoms with Gasteiger partial charge in [-0.05, 0) is 55.7 Å². The normalized spacial score (nSPS) is 11.2. The minimum atomic E-state index is 0.282. The summed E-state index contributed by atoms with van der Waals surface area (Å²) >= 11 is 0. The number of benzene rings is 1. The van der Waals surface area contributed by atoms with Crippen LogP contribution in [0, 0.1) is 6.92 Å². The van der Waals surface area contributed by atoms with Gasteiger partial charge in [-0.15, -0.1) is 5.10 Å². The van der Waals surface area contributed by atoms with Crippen LogP contribution in [0.5, 0.6) is 0 Å². The van der Waals surface area contributed by atoms with Gasteiger partial charge in [-0.3, -0.25) is 0 Å². The van der Waals surface area contributed by atoms with Gasteiger partial charge in [0, 0.05) is 24.4 Å². The van der Waals surface area contributed by atoms with Crippen molar-refractivity contribution in [3.63, 3.8) is 0 Å². The Balaban J connectivity index is 1.96. The summed E-state index contributed by atoms with van der Waals surface area (Å²) in [6.45, 7) is 7.61. The molecule has 2 N–H and O–H groups in total. The van der Waals surface area contributed by atoms with E-state index in [4.69, 9.17) is 10.5 Å². The topological polar surface area (TPSA) is 78.8 Å². The van der Waals surface area contributed by atoms with Gasteiger partial charge in [-0.25, -0.2) is 4.68 Å². The molecule has 114 valence electrons. The van der Waals surface area contributed by atoms with Crippen LogP contribution in [-0.4, -0.2) is 32.9 Å². The fourth-order valence-corrected chi connectivity index (χ4v) is 2.02. The molecule has 21 heavy (non-hydrogen) atoms. The average Bonchev–Trinajstić information content (AvgIpc) is 2.89. The maximum absolute atomic E-state index is 5.95. The molecule has 0 aliphatic carbocycles. The fourth-order valence-electron chi connectivity index (χ4n) is 2.02. The summed E-state index contributed by atoms with van der Waals surface area (Å²) in [6, 6.07) is 5.90. The van der Waals surface area contributed by atoms with Crippen LogP contribution in [0.15, 0.2) is 18.2 Å². The van der Waals surface area contributed by atoms with Crippen LogP contribution in [-0.2, 0) is 11.3 Å². The quantitative estimate of drug-likeness (QED) is 0.625. The molecule has 6 nitrogen and oxygen atoms in total. The molecule has 0 atom stereocenters. The van der Waals surface area contributed by atoms with Crippen molar-refractivity contribution >= 4 is 5.69 Å². The number of aromatic nitrogens is 4. The molecule has 1 aromatic heterocycles. The van der Waals surface area contributed by atoms with E-state index in [9.17, 15) is 0 Å². The number of hydrogen-bond acceptors (Lipinski definition) is 5. The third-order valence-electron chi connectivity index (χ3n) is 3.28. The molecular weight excluding hydrogens is 266 g/mol. The Morgan fingerprint density at radius 1 is 1.29 bits per heavy atom. The molecule has 0 amide bonds. The maximum Gasteiger partial charge on any atom is 0.182 e. The smallest absolute Gasteiger partial charge is 0.182 e. The SMILES string of the molecule is Cc1ccc(-c2nnnn2CCCCOC(C)C)cc1N. The lowest BCUT2D eigenvalue weighted by Gasteiger charge is -2.08. The highest BCUT2D eigenvalue weighted by Gasteiger charge is 2.09. The molecule has 0 aliphatic rings. The zero-order valence-electron chi connectivity index (χ0n) is 12.9. The molecule has 1 aromatic carbocycles. The van der Waals surface area contributed by atoms with Gasteiger partial charge in [0.1, 0.15) is 0 Å². The van der Waals surface area contributed by atoms with Gasteiger partial charge in [0.05, 0.1) is 6.10 Å². The second-order valence-corrected chi connectivity index (χ2v) is 5.42. The van der Waals surface area contributed by atoms with Crippen LogP contribution in [0.4, 0.5) is 5.69 Å². The van der Waals surface area contributed by atoms with Crippen molar-refractivity contribution < 1.29 is 4.74 Å². The van der Waals surface area contributed by atoms with Crippen LogP contribution in [0.2, 0.25) is 0 Å². The molecule has 0 aliphatic heterocycles. The molecule has 1 heterocycles. The van der Waals surface area contributed by atoms with Gasteiger partial charge in [0.25, 0.3) is 0 Å². The number of ether oxygens (including phenoxy) is 1. The van der Waals surface area contributed by atoms with Crippen LogP contribution < -0.4 is 5.73 Å². The first-order valence-electron chi connectivity index (χ1n) is 7.32. The number of nitrogens with two attached hydrogens (primary N) is 1. The van der Waals surface area contributed by atoms with Crippen molar-refractivity contribution in [3.05, 3.63) is 23.8 Å². The summed E-state index contributed by atoms with van der Waals surface area (Å²) in [7, 11) is 0. The van der Waals surface area contributed by atoms with E-state index in [2.05, 4.69) is 15.5 Å². The van der Waals surface area contributed by atoms with Gasteiger partial charge in [0.2, 0.25) is 0 Å². The predicted molar refractivity (Wildman–Crippen MR) is 82.7 cm³/mol. The van der Waals surface area contributed by atoms with Gasteiger partial charge in [-0.2, -0.15) is 0 Å². The standard InChI is InChI=1S/C15H23N5O/c1-11(2)21-9-5-4-8-20-15(17-18-19-20)13-7-6-12(3)14(16)10-13/h6-7,10-11H,4-5,8-9,16H2,1-3H3. The van der Waals surface area contributed by atoms with Crippen molar-refractivity contribution in [1.29, 1.82) is 0 Å². The summed E-state index contributed by atoms with van der Waals surface area (Å²) in [4.78, 5) is 0. The number of hydrogen-bond donors (Lipinski definition) is 1. The molecule has 0 saturated heterocycles. The number of nitrogens with zero attached hydrogens (tertiary/aromatic N) is 4. The molecule has 0 spiro atoms. The van der Waals surface area contributed by atoms with Gasteiger partial charge < -0.3 is 10.5 Å². The Kier molecular flexibility index (Phi) is 5.27. The van der Waals surface area contributed by atoms with Crippen molar-refractivity contribution in [3.8, 4) is 11.4 Å². The number of nitrogen functional groups attached to an aromatic ring is 1. The lowest BCUT2D eigenvalue weighted by atomic mass is 10.1. The minimum absolute atomic E-state index is 0.282. The second-order valence-electron chi connectivity index (χ2n) is 5.42. The Morgan fingerprint density at radius 3 is 2.81 bits per heavy atom. The molecule has 0 radical (unpaired) electrons. The van der Waals surface area contributed by atoms with E-state index in [0.29, 0.717) is 0 Å². The summed E-state index contributed by atoms with van der Waals surface area (Å²) in [6.07, 6.45) is 2.25. The Hall–Kier alpha value is -1.95. The average molecular weight is 289 g/mol. The van der Waals surface area contributed by atoms with E-state index >= 15 is 0 Å². The lowest BCUT2D eigenvalue weighted by molar-refractivity contribution is 0.0753. The highest BCUT2D eigenvalue weighted by molar-refractivity contribution is 5.63. The van der Waals surface area contributed by atoms with Crippen LogP contribution in [0.1, 0.15) is 32.3 Å². The molecule has 2 aromatic rings. The first-order valence-corrected chi connectivity index (χ1v) is 7.32. The van der Waals surface area contributed by atoms with E-state index in [1.54, 1.807) is 0 Å². The Morgan fingerprint density at radius 2 is 2.10 bits per heavy atom. The van der Waals surface area contributed by atoms with E-state index in [1.165, 1.54) is 0 Å². The second kappa shape index (κ2) is 7.17. The summed E-state index contributed by atoms with van der Waals surface area (Å²) in [5.74, 6) is 0.756. The maximum atomic E-state index is 5.95. The molecular formula is C15H23N5O. The van der Waals surface area contributed by atoms with Crippen LogP contribution in [0.3, 0.4) is 0 Å². The number of unbranched alkanes of at least 4 members (excludes halogenated alkanes) is 1. The number of rotatable bonds is 7. The van der Waals surface area contributed by atoms with Crippen LogP contribution in [0.25, 0.3) is 11.4 Å². The molecule has 0 fully saturated rings. The first kappa shape index (κ1) is 15.4. The molecule has 6 heteroatoms. The van der Waals surface area contributed by atoms with E-state index < -0.39 is 0 Å². The minimum Gasteiger partial charge on any atom is -0.398 e. The summed E-state index contributed by atoms with van der Waals surface area (Å²) in [5.41, 5.74) is 8.71. The zero-order chi connectivity index (χ0) is 15.2. The molecule has 0 saturated carbocycles. The largest absolute Gasteiger partial charge is 0.398 e. The Bertz CT molecular complexity index is 579. The summed E-state index contributed by atoms with van der Waals surface area (Å²) < 4.78 is 7.35. The fraction of sp³-hybridized carbons (Fsp3) is 0.533. The number of aryl methyl sites for hydroxylation is 2. The monoisotopic (exact) mass is 289 g/mol. The van der Waals surface area contributed by atoms with Crippen LogP contribution >= 0.6 is 0 Å². The van der Waals surface area contributed by atoms with Crippen molar-refractivity contribution in [1.82, 2.24) is 20.2 Å². The number of anilines is 1. The number of tetrazole rings is 1. The molecule has 2 rings (SSSR count). The van der Waals surface area contributed by atoms with E-state index in [-0.39, 0.29) is 6.10 Å². The van der Waals surface area contributed by atoms with Gasteiger partial charge in [-0.1, -0.05) is 12.1 Å². The van der Waals surface area contributed by atoms with E-state index in [0.717, 1.165) is 48.6 Å². The highest BCUT2D eigenvalue weighted by Crippen LogP contribution is 2.21. The van der Waals surface area contributed by atoms with Crippen molar-refractivity contribution in [2.24, 2.45) is 0 Å². The summed E-state index contributed by atoms with van der Waals surface area (Å²) in [5, 5.41) is 11.9. The Labute approximate surface area is 125 Å².